The third-order valence-electron chi connectivity index (χ3n) is 4.81. The summed E-state index contributed by atoms with van der Waals surface area (Å²) >= 11 is 0. The van der Waals surface area contributed by atoms with Crippen LogP contribution in [0.3, 0.4) is 0 Å². The Labute approximate surface area is 150 Å². The average molecular weight is 352 g/mol. The van der Waals surface area contributed by atoms with Gasteiger partial charge in [-0.3, -0.25) is 9.59 Å². The number of hydrogen-bond acceptors (Lipinski definition) is 4. The van der Waals surface area contributed by atoms with Gasteiger partial charge in [-0.1, -0.05) is 12.1 Å². The summed E-state index contributed by atoms with van der Waals surface area (Å²) < 4.78 is 9.00. The van der Waals surface area contributed by atoms with Crippen LogP contribution in [0.4, 0.5) is 0 Å². The second kappa shape index (κ2) is 6.76. The van der Waals surface area contributed by atoms with Gasteiger partial charge in [0.15, 0.2) is 0 Å². The van der Waals surface area contributed by atoms with Crippen molar-refractivity contribution >= 4 is 16.8 Å². The molecule has 1 aliphatic heterocycles. The Hall–Kier alpha value is -2.93. The molecule has 1 aliphatic rings. The zero-order valence-corrected chi connectivity index (χ0v) is 14.6. The Balaban J connectivity index is 1.58. The molecule has 4 rings (SSSR count). The third-order valence-corrected chi connectivity index (χ3v) is 4.81. The summed E-state index contributed by atoms with van der Waals surface area (Å²) in [5.41, 5.74) is 2.94. The maximum Gasteiger partial charge on any atom is 0.257 e. The van der Waals surface area contributed by atoms with E-state index in [0.29, 0.717) is 25.1 Å². The molecule has 3 heterocycles. The summed E-state index contributed by atoms with van der Waals surface area (Å²) in [6.07, 6.45) is 5.97. The number of para-hydroxylation sites is 1. The maximum absolute atomic E-state index is 12.8. The maximum atomic E-state index is 12.8. The minimum Gasteiger partial charge on any atom is -0.383 e. The smallest absolute Gasteiger partial charge is 0.257 e. The lowest BCUT2D eigenvalue weighted by molar-refractivity contribution is 0.0948. The van der Waals surface area contributed by atoms with Crippen LogP contribution in [-0.2, 0) is 30.8 Å². The largest absolute Gasteiger partial charge is 0.383 e. The van der Waals surface area contributed by atoms with Gasteiger partial charge in [0.25, 0.3) is 5.91 Å². The van der Waals surface area contributed by atoms with Gasteiger partial charge in [0.1, 0.15) is 5.56 Å². The highest BCUT2D eigenvalue weighted by molar-refractivity contribution is 5.98. The van der Waals surface area contributed by atoms with Gasteiger partial charge in [-0.15, -0.1) is 0 Å². The van der Waals surface area contributed by atoms with Gasteiger partial charge in [0.05, 0.1) is 30.7 Å². The standard InChI is InChI=1S/C19H20N4O3/c1-26-8-7-23-12-20-9-14(23)10-21-19(25)16-11-22-6-5-13-3-2-4-15(17(13)22)18(16)24/h2-4,9,11-12H,5-8,10H2,1H3,(H,21,25). The summed E-state index contributed by atoms with van der Waals surface area (Å²) in [4.78, 5) is 29.5. The normalized spacial score (nSPS) is 12.7. The molecule has 0 saturated carbocycles. The number of aryl methyl sites for hydroxylation is 2. The molecule has 1 amide bonds. The molecule has 26 heavy (non-hydrogen) atoms. The Morgan fingerprint density at radius 1 is 1.38 bits per heavy atom. The van der Waals surface area contributed by atoms with E-state index in [4.69, 9.17) is 4.74 Å². The van der Waals surface area contributed by atoms with E-state index in [2.05, 4.69) is 10.3 Å². The Bertz CT molecular complexity index is 1030. The van der Waals surface area contributed by atoms with Crippen LogP contribution in [0.2, 0.25) is 0 Å². The number of hydrogen-bond donors (Lipinski definition) is 1. The zero-order valence-electron chi connectivity index (χ0n) is 14.6. The minimum atomic E-state index is -0.363. The number of rotatable bonds is 6. The fourth-order valence-corrected chi connectivity index (χ4v) is 3.47. The van der Waals surface area contributed by atoms with Crippen molar-refractivity contribution in [2.24, 2.45) is 0 Å². The van der Waals surface area contributed by atoms with E-state index in [9.17, 15) is 9.59 Å². The topological polar surface area (TPSA) is 78.2 Å². The van der Waals surface area contributed by atoms with Crippen molar-refractivity contribution in [3.05, 3.63) is 64.0 Å². The second-order valence-corrected chi connectivity index (χ2v) is 6.38. The number of pyridine rings is 1. The van der Waals surface area contributed by atoms with E-state index in [1.807, 2.05) is 21.3 Å². The fraction of sp³-hybridized carbons (Fsp3) is 0.316. The molecule has 0 bridgehead atoms. The molecule has 134 valence electrons. The fourth-order valence-electron chi connectivity index (χ4n) is 3.47. The molecule has 0 aliphatic carbocycles. The van der Waals surface area contributed by atoms with Crippen LogP contribution in [0.1, 0.15) is 21.6 Å². The van der Waals surface area contributed by atoms with Crippen LogP contribution in [0.5, 0.6) is 0 Å². The zero-order chi connectivity index (χ0) is 18.1. The summed E-state index contributed by atoms with van der Waals surface area (Å²) in [5.74, 6) is -0.363. The van der Waals surface area contributed by atoms with Crippen molar-refractivity contribution in [3.63, 3.8) is 0 Å². The number of methoxy groups -OCH3 is 1. The number of carbonyl (C=O) groups excluding carboxylic acids is 1. The summed E-state index contributed by atoms with van der Waals surface area (Å²) in [6.45, 7) is 2.32. The molecule has 0 unspecified atom stereocenters. The van der Waals surface area contributed by atoms with E-state index in [1.165, 1.54) is 0 Å². The third kappa shape index (κ3) is 2.80. The van der Waals surface area contributed by atoms with Gasteiger partial charge < -0.3 is 19.2 Å². The van der Waals surface area contributed by atoms with Gasteiger partial charge >= 0.3 is 0 Å². The molecular weight excluding hydrogens is 332 g/mol. The van der Waals surface area contributed by atoms with E-state index < -0.39 is 0 Å². The number of nitrogens with zero attached hydrogens (tertiary/aromatic N) is 3. The minimum absolute atomic E-state index is 0.180. The molecule has 0 spiro atoms. The second-order valence-electron chi connectivity index (χ2n) is 6.38. The highest BCUT2D eigenvalue weighted by Crippen LogP contribution is 2.23. The number of nitrogens with one attached hydrogen (secondary N) is 1. The monoisotopic (exact) mass is 352 g/mol. The van der Waals surface area contributed by atoms with E-state index in [0.717, 1.165) is 29.7 Å². The molecule has 1 N–H and O–H groups in total. The first kappa shape index (κ1) is 16.5. The van der Waals surface area contributed by atoms with Crippen molar-refractivity contribution in [1.82, 2.24) is 19.4 Å². The predicted octanol–water partition coefficient (Wildman–Crippen LogP) is 1.33. The van der Waals surface area contributed by atoms with Crippen LogP contribution >= 0.6 is 0 Å². The highest BCUT2D eigenvalue weighted by Gasteiger charge is 2.20. The molecule has 3 aromatic rings. The van der Waals surface area contributed by atoms with Gasteiger partial charge in [0, 0.05) is 38.0 Å². The number of amides is 1. The van der Waals surface area contributed by atoms with E-state index in [1.54, 1.807) is 31.9 Å². The Morgan fingerprint density at radius 3 is 3.12 bits per heavy atom. The number of benzene rings is 1. The number of imidazole rings is 1. The molecule has 0 atom stereocenters. The Kier molecular flexibility index (Phi) is 4.30. The molecule has 0 radical (unpaired) electrons. The number of ether oxygens (including phenoxy) is 1. The molecule has 1 aromatic carbocycles. The average Bonchev–Trinajstić information content (AvgIpc) is 3.28. The molecule has 2 aromatic heterocycles. The summed E-state index contributed by atoms with van der Waals surface area (Å²) in [6, 6.07) is 5.70. The highest BCUT2D eigenvalue weighted by atomic mass is 16.5. The van der Waals surface area contributed by atoms with Crippen molar-refractivity contribution in [2.75, 3.05) is 13.7 Å². The first-order valence-electron chi connectivity index (χ1n) is 8.60. The van der Waals surface area contributed by atoms with Gasteiger partial charge in [-0.2, -0.15) is 0 Å². The van der Waals surface area contributed by atoms with Crippen molar-refractivity contribution in [1.29, 1.82) is 0 Å². The van der Waals surface area contributed by atoms with Crippen molar-refractivity contribution in [2.45, 2.75) is 26.1 Å². The first-order chi connectivity index (χ1) is 12.7. The molecule has 7 nitrogen and oxygen atoms in total. The van der Waals surface area contributed by atoms with E-state index in [-0.39, 0.29) is 16.9 Å². The first-order valence-corrected chi connectivity index (χ1v) is 8.60. The van der Waals surface area contributed by atoms with Crippen LogP contribution in [0.15, 0.2) is 41.7 Å². The number of carbonyl (C=O) groups is 1. The number of aromatic nitrogens is 3. The lowest BCUT2D eigenvalue weighted by Gasteiger charge is -2.11. The summed E-state index contributed by atoms with van der Waals surface area (Å²) in [5, 5.41) is 3.45. The lowest BCUT2D eigenvalue weighted by atomic mass is 10.1. The lowest BCUT2D eigenvalue weighted by Crippen LogP contribution is -2.30. The van der Waals surface area contributed by atoms with Crippen molar-refractivity contribution in [3.8, 4) is 0 Å². The molecular formula is C19H20N4O3. The van der Waals surface area contributed by atoms with Crippen LogP contribution < -0.4 is 10.7 Å². The Morgan fingerprint density at radius 2 is 2.27 bits per heavy atom. The molecule has 7 heteroatoms. The predicted molar refractivity (Wildman–Crippen MR) is 97.2 cm³/mol. The van der Waals surface area contributed by atoms with Crippen molar-refractivity contribution < 1.29 is 9.53 Å². The van der Waals surface area contributed by atoms with Crippen LogP contribution in [0, 0.1) is 0 Å². The van der Waals surface area contributed by atoms with Crippen LogP contribution in [-0.4, -0.2) is 33.7 Å². The van der Waals surface area contributed by atoms with Gasteiger partial charge in [-0.05, 0) is 18.1 Å². The SMILES string of the molecule is COCCn1cncc1CNC(=O)c1cn2c3c(cccc3c1=O)CC2. The molecule has 0 fully saturated rings. The van der Waals surface area contributed by atoms with Gasteiger partial charge in [-0.25, -0.2) is 4.98 Å². The van der Waals surface area contributed by atoms with E-state index >= 15 is 0 Å². The van der Waals surface area contributed by atoms with Gasteiger partial charge in [0.2, 0.25) is 5.43 Å². The molecule has 0 saturated heterocycles. The van der Waals surface area contributed by atoms with Crippen LogP contribution in [0.25, 0.3) is 10.9 Å². The summed E-state index contributed by atoms with van der Waals surface area (Å²) in [7, 11) is 1.64. The quantitative estimate of drug-likeness (QED) is 0.726.